The van der Waals surface area contributed by atoms with Crippen LogP contribution in [0.15, 0.2) is 18.7 Å². The second-order valence-corrected chi connectivity index (χ2v) is 1.69. The molecule has 0 saturated carbocycles. The second kappa shape index (κ2) is 3.59. The van der Waals surface area contributed by atoms with Gasteiger partial charge in [-0.1, -0.05) is 0 Å². The molecule has 0 amide bonds. The minimum atomic E-state index is 0.852. The molecule has 0 aliphatic rings. The number of hydrogen-bond donors (Lipinski definition) is 3. The number of nitrogens with zero attached hydrogens (tertiary/aromatic N) is 3. The average molecular weight is 152 g/mol. The third kappa shape index (κ3) is 1.48. The molecule has 11 heavy (non-hydrogen) atoms. The predicted octanol–water partition coefficient (Wildman–Crippen LogP) is -0.828. The third-order valence-corrected chi connectivity index (χ3v) is 1.11. The Morgan fingerprint density at radius 1 is 1.27 bits per heavy atom. The zero-order valence-corrected chi connectivity index (χ0v) is 5.73. The normalized spacial score (nSPS) is 8.91. The van der Waals surface area contributed by atoms with E-state index in [9.17, 15) is 0 Å². The van der Waals surface area contributed by atoms with Crippen LogP contribution in [0.4, 0.5) is 0 Å². The molecular formula is C5H8N6. The van der Waals surface area contributed by atoms with Crippen molar-refractivity contribution in [1.82, 2.24) is 20.2 Å². The number of hydrogen-bond acceptors (Lipinski definition) is 5. The van der Waals surface area contributed by atoms with Crippen molar-refractivity contribution in [3.8, 4) is 0 Å². The second-order valence-electron chi connectivity index (χ2n) is 1.69. The van der Waals surface area contributed by atoms with E-state index < -0.39 is 0 Å². The summed E-state index contributed by atoms with van der Waals surface area (Å²) in [6.07, 6.45) is 4.85. The van der Waals surface area contributed by atoms with E-state index in [0.29, 0.717) is 0 Å². The molecule has 2 heterocycles. The molecule has 0 radical (unpaired) electrons. The Balaban J connectivity index is 0.000000281. The van der Waals surface area contributed by atoms with Crippen LogP contribution >= 0.6 is 0 Å². The molecule has 0 spiro atoms. The Morgan fingerprint density at radius 3 is 2.82 bits per heavy atom. The van der Waals surface area contributed by atoms with Gasteiger partial charge in [-0.05, 0) is 0 Å². The van der Waals surface area contributed by atoms with Crippen molar-refractivity contribution in [2.75, 3.05) is 0 Å². The fraction of sp³-hybridized carbons (Fsp3) is 0. The number of hydrazine groups is 1. The molecule has 2 aromatic heterocycles. The van der Waals surface area contributed by atoms with Crippen LogP contribution in [-0.2, 0) is 0 Å². The summed E-state index contributed by atoms with van der Waals surface area (Å²) in [7, 11) is 0. The predicted molar refractivity (Wildman–Crippen MR) is 40.1 cm³/mol. The highest BCUT2D eigenvalue weighted by Crippen LogP contribution is 2.00. The largest absolute Gasteiger partial charge is 0.275 e. The number of aromatic amines is 1. The monoisotopic (exact) mass is 152 g/mol. The molecule has 2 rings (SSSR count). The van der Waals surface area contributed by atoms with Gasteiger partial charge >= 0.3 is 0 Å². The molecule has 2 aromatic rings. The molecule has 5 N–H and O–H groups in total. The van der Waals surface area contributed by atoms with E-state index in [2.05, 4.69) is 31.9 Å². The fourth-order valence-corrected chi connectivity index (χ4v) is 0.691. The Morgan fingerprint density at radius 2 is 2.09 bits per heavy atom. The highest BCUT2D eigenvalue weighted by molar-refractivity contribution is 5.71. The number of rotatable bonds is 0. The Labute approximate surface area is 62.6 Å². The molecule has 0 aliphatic heterocycles. The van der Waals surface area contributed by atoms with Crippen molar-refractivity contribution < 1.29 is 0 Å². The van der Waals surface area contributed by atoms with Crippen LogP contribution in [0.2, 0.25) is 0 Å². The number of aromatic nitrogens is 4. The van der Waals surface area contributed by atoms with E-state index in [4.69, 9.17) is 0 Å². The summed E-state index contributed by atoms with van der Waals surface area (Å²) >= 11 is 0. The molecule has 6 heteroatoms. The minimum Gasteiger partial charge on any atom is -0.275 e. The zero-order valence-electron chi connectivity index (χ0n) is 5.73. The van der Waals surface area contributed by atoms with Gasteiger partial charge in [0, 0.05) is 0 Å². The summed E-state index contributed by atoms with van der Waals surface area (Å²) in [6, 6.07) is 0. The van der Waals surface area contributed by atoms with Crippen LogP contribution in [0.3, 0.4) is 0 Å². The highest BCUT2D eigenvalue weighted by Gasteiger charge is 1.90. The highest BCUT2D eigenvalue weighted by atomic mass is 15.1. The molecule has 0 bridgehead atoms. The number of nitrogens with one attached hydrogen (secondary N) is 1. The van der Waals surface area contributed by atoms with Gasteiger partial charge in [-0.3, -0.25) is 16.8 Å². The standard InChI is InChI=1S/C5H4N4.H4N2/c1-5-4(2-8-9-5)7-3-6-1;1-2/h1-3H,(H,8,9);1-2H2. The van der Waals surface area contributed by atoms with E-state index in [0.717, 1.165) is 11.0 Å². The Kier molecular flexibility index (Phi) is 2.47. The molecule has 0 unspecified atom stereocenters. The summed E-state index contributed by atoms with van der Waals surface area (Å²) in [6.45, 7) is 0. The van der Waals surface area contributed by atoms with Crippen molar-refractivity contribution >= 4 is 11.0 Å². The summed E-state index contributed by atoms with van der Waals surface area (Å²) in [4.78, 5) is 7.74. The lowest BCUT2D eigenvalue weighted by Crippen LogP contribution is -2.02. The van der Waals surface area contributed by atoms with E-state index in [1.807, 2.05) is 0 Å². The lowest BCUT2D eigenvalue weighted by atomic mass is 10.5. The third-order valence-electron chi connectivity index (χ3n) is 1.11. The van der Waals surface area contributed by atoms with Crippen molar-refractivity contribution in [3.05, 3.63) is 18.7 Å². The molecule has 0 aliphatic carbocycles. The topological polar surface area (TPSA) is 106 Å². The van der Waals surface area contributed by atoms with E-state index in [-0.39, 0.29) is 0 Å². The van der Waals surface area contributed by atoms with Crippen LogP contribution < -0.4 is 11.7 Å². The van der Waals surface area contributed by atoms with Crippen molar-refractivity contribution in [3.63, 3.8) is 0 Å². The maximum absolute atomic E-state index is 4.00. The van der Waals surface area contributed by atoms with Gasteiger partial charge in [-0.15, -0.1) is 0 Å². The zero-order chi connectivity index (χ0) is 8.10. The summed E-state index contributed by atoms with van der Waals surface area (Å²) in [5.74, 6) is 8.00. The van der Waals surface area contributed by atoms with Gasteiger partial charge in [0.15, 0.2) is 0 Å². The van der Waals surface area contributed by atoms with Gasteiger partial charge in [0.1, 0.15) is 17.4 Å². The van der Waals surface area contributed by atoms with Gasteiger partial charge in [0.25, 0.3) is 0 Å². The number of H-pyrrole nitrogens is 1. The SMILES string of the molecule is NN.c1ncc2[nH]ncc2n1. The van der Waals surface area contributed by atoms with Crippen LogP contribution in [-0.4, -0.2) is 20.2 Å². The number of nitrogens with two attached hydrogens (primary N) is 2. The molecular weight excluding hydrogens is 144 g/mol. The maximum Gasteiger partial charge on any atom is 0.116 e. The van der Waals surface area contributed by atoms with E-state index in [1.165, 1.54) is 6.33 Å². The van der Waals surface area contributed by atoms with Gasteiger partial charge in [-0.25, -0.2) is 9.97 Å². The molecule has 0 saturated heterocycles. The van der Waals surface area contributed by atoms with Crippen LogP contribution in [0.1, 0.15) is 0 Å². The molecule has 0 aromatic carbocycles. The van der Waals surface area contributed by atoms with Crippen LogP contribution in [0.5, 0.6) is 0 Å². The Bertz CT molecular complexity index is 285. The molecule has 58 valence electrons. The van der Waals surface area contributed by atoms with Gasteiger partial charge in [-0.2, -0.15) is 5.10 Å². The van der Waals surface area contributed by atoms with Crippen molar-refractivity contribution in [1.29, 1.82) is 0 Å². The van der Waals surface area contributed by atoms with Crippen molar-refractivity contribution in [2.45, 2.75) is 0 Å². The van der Waals surface area contributed by atoms with Gasteiger partial charge < -0.3 is 0 Å². The fourth-order valence-electron chi connectivity index (χ4n) is 0.691. The molecule has 0 atom stereocenters. The van der Waals surface area contributed by atoms with E-state index in [1.54, 1.807) is 12.4 Å². The minimum absolute atomic E-state index is 0.852. The van der Waals surface area contributed by atoms with E-state index >= 15 is 0 Å². The first-order valence-corrected chi connectivity index (χ1v) is 2.89. The average Bonchev–Trinajstić information content (AvgIpc) is 2.55. The first-order valence-electron chi connectivity index (χ1n) is 2.89. The maximum atomic E-state index is 4.00. The van der Waals surface area contributed by atoms with Crippen LogP contribution in [0, 0.1) is 0 Å². The summed E-state index contributed by atoms with van der Waals surface area (Å²) in [5.41, 5.74) is 1.72. The summed E-state index contributed by atoms with van der Waals surface area (Å²) in [5, 5.41) is 6.52. The molecule has 6 nitrogen and oxygen atoms in total. The lowest BCUT2D eigenvalue weighted by molar-refractivity contribution is 1.11. The van der Waals surface area contributed by atoms with Gasteiger partial charge in [0.2, 0.25) is 0 Å². The van der Waals surface area contributed by atoms with Crippen LogP contribution in [0.25, 0.3) is 11.0 Å². The first kappa shape index (κ1) is 7.58. The number of fused-ring (bicyclic) bond motifs is 1. The smallest absolute Gasteiger partial charge is 0.116 e. The summed E-state index contributed by atoms with van der Waals surface area (Å²) < 4.78 is 0. The van der Waals surface area contributed by atoms with Gasteiger partial charge in [0.05, 0.1) is 12.4 Å². The first-order chi connectivity index (χ1) is 5.47. The Hall–Kier alpha value is -1.53. The molecule has 0 fully saturated rings. The quantitative estimate of drug-likeness (QED) is 0.337. The lowest BCUT2D eigenvalue weighted by Gasteiger charge is -1.80. The van der Waals surface area contributed by atoms with Crippen molar-refractivity contribution in [2.24, 2.45) is 11.7 Å².